The van der Waals surface area contributed by atoms with Crippen LogP contribution < -0.4 is 10.2 Å². The third-order valence-corrected chi connectivity index (χ3v) is 3.63. The second kappa shape index (κ2) is 3.88. The summed E-state index contributed by atoms with van der Waals surface area (Å²) in [6.45, 7) is 0.779. The molecule has 0 spiro atoms. The smallest absolute Gasteiger partial charge is 0.244 e. The second-order valence-corrected chi connectivity index (χ2v) is 4.89. The van der Waals surface area contributed by atoms with E-state index in [0.717, 1.165) is 22.3 Å². The van der Waals surface area contributed by atoms with Gasteiger partial charge in [-0.2, -0.15) is 0 Å². The molecule has 0 bridgehead atoms. The van der Waals surface area contributed by atoms with E-state index in [9.17, 15) is 4.79 Å². The first kappa shape index (κ1) is 9.96. The predicted molar refractivity (Wildman–Crippen MR) is 59.1 cm³/mol. The quantitative estimate of drug-likeness (QED) is 0.839. The second-order valence-electron chi connectivity index (χ2n) is 3.20. The van der Waals surface area contributed by atoms with Gasteiger partial charge in [-0.1, -0.05) is 11.6 Å². The maximum Gasteiger partial charge on any atom is 0.244 e. The Kier molecular flexibility index (Phi) is 2.76. The van der Waals surface area contributed by atoms with Crippen LogP contribution in [0.3, 0.4) is 0 Å². The van der Waals surface area contributed by atoms with E-state index >= 15 is 0 Å². The van der Waals surface area contributed by atoms with Crippen molar-refractivity contribution in [2.24, 2.45) is 0 Å². The molecule has 1 fully saturated rings. The molecular formula is C9H11ClN2OS. The molecule has 1 amide bonds. The SMILES string of the molecule is CNC1CCN(c2ccc(Cl)s2)C1=O. The van der Waals surface area contributed by atoms with Gasteiger partial charge in [0.25, 0.3) is 0 Å². The number of carbonyl (C=O) groups excluding carboxylic acids is 1. The van der Waals surface area contributed by atoms with Gasteiger partial charge in [-0.15, -0.1) is 11.3 Å². The Bertz CT molecular complexity index is 352. The molecule has 1 aromatic rings. The molecule has 1 atom stereocenters. The van der Waals surface area contributed by atoms with Crippen molar-refractivity contribution < 1.29 is 4.79 Å². The molecule has 0 saturated carbocycles. The lowest BCUT2D eigenvalue weighted by molar-refractivity contribution is -0.118. The van der Waals surface area contributed by atoms with Crippen LogP contribution >= 0.6 is 22.9 Å². The Hall–Kier alpha value is -0.580. The summed E-state index contributed by atoms with van der Waals surface area (Å²) in [5.41, 5.74) is 0. The Morgan fingerprint density at radius 1 is 1.64 bits per heavy atom. The largest absolute Gasteiger partial charge is 0.309 e. The van der Waals surface area contributed by atoms with Crippen molar-refractivity contribution in [3.05, 3.63) is 16.5 Å². The summed E-state index contributed by atoms with van der Waals surface area (Å²) >= 11 is 7.27. The summed E-state index contributed by atoms with van der Waals surface area (Å²) in [6, 6.07) is 3.68. The fourth-order valence-corrected chi connectivity index (χ4v) is 2.68. The number of anilines is 1. The van der Waals surface area contributed by atoms with Crippen molar-refractivity contribution in [2.45, 2.75) is 12.5 Å². The zero-order valence-corrected chi connectivity index (χ0v) is 9.36. The molecule has 0 aliphatic carbocycles. The van der Waals surface area contributed by atoms with E-state index in [2.05, 4.69) is 5.32 Å². The van der Waals surface area contributed by atoms with Gasteiger partial charge in [-0.25, -0.2) is 0 Å². The Labute approximate surface area is 91.7 Å². The third-order valence-electron chi connectivity index (χ3n) is 2.38. The summed E-state index contributed by atoms with van der Waals surface area (Å²) in [4.78, 5) is 13.6. The van der Waals surface area contributed by atoms with Gasteiger partial charge in [0.1, 0.15) is 0 Å². The minimum absolute atomic E-state index is 0.0316. The van der Waals surface area contributed by atoms with Gasteiger partial charge in [-0.3, -0.25) is 4.79 Å². The number of halogens is 1. The molecule has 1 aliphatic rings. The van der Waals surface area contributed by atoms with E-state index < -0.39 is 0 Å². The molecule has 5 heteroatoms. The minimum atomic E-state index is -0.0316. The average molecular weight is 231 g/mol. The van der Waals surface area contributed by atoms with E-state index in [1.54, 1.807) is 4.90 Å². The van der Waals surface area contributed by atoms with E-state index in [1.807, 2.05) is 19.2 Å². The predicted octanol–water partition coefficient (Wildman–Crippen LogP) is 1.73. The average Bonchev–Trinajstić information content (AvgIpc) is 2.72. The lowest BCUT2D eigenvalue weighted by atomic mass is 10.3. The highest BCUT2D eigenvalue weighted by Gasteiger charge is 2.31. The summed E-state index contributed by atoms with van der Waals surface area (Å²) in [6.07, 6.45) is 0.866. The van der Waals surface area contributed by atoms with Gasteiger partial charge in [0.2, 0.25) is 5.91 Å². The topological polar surface area (TPSA) is 32.3 Å². The van der Waals surface area contributed by atoms with Crippen molar-refractivity contribution in [3.8, 4) is 0 Å². The Balaban J connectivity index is 2.17. The number of hydrogen-bond donors (Lipinski definition) is 1. The van der Waals surface area contributed by atoms with Crippen LogP contribution in [0.25, 0.3) is 0 Å². The highest BCUT2D eigenvalue weighted by Crippen LogP contribution is 2.32. The van der Waals surface area contributed by atoms with Crippen LogP contribution in [0.1, 0.15) is 6.42 Å². The zero-order chi connectivity index (χ0) is 10.1. The van der Waals surface area contributed by atoms with Crippen LogP contribution in [0.5, 0.6) is 0 Å². The van der Waals surface area contributed by atoms with Crippen LogP contribution in [-0.4, -0.2) is 25.5 Å². The van der Waals surface area contributed by atoms with Crippen molar-refractivity contribution in [2.75, 3.05) is 18.5 Å². The summed E-state index contributed by atoms with van der Waals surface area (Å²) in [5, 5.41) is 3.94. The number of likely N-dealkylation sites (N-methyl/N-ethyl adjacent to an activating group) is 1. The zero-order valence-electron chi connectivity index (χ0n) is 7.79. The lowest BCUT2D eigenvalue weighted by Crippen LogP contribution is -2.35. The normalized spacial score (nSPS) is 22.0. The van der Waals surface area contributed by atoms with Gasteiger partial charge in [0, 0.05) is 6.54 Å². The van der Waals surface area contributed by atoms with E-state index in [4.69, 9.17) is 11.6 Å². The molecule has 0 radical (unpaired) electrons. The summed E-state index contributed by atoms with van der Waals surface area (Å²) in [7, 11) is 1.81. The minimum Gasteiger partial charge on any atom is -0.309 e. The highest BCUT2D eigenvalue weighted by atomic mass is 35.5. The van der Waals surface area contributed by atoms with Gasteiger partial charge in [-0.05, 0) is 25.6 Å². The van der Waals surface area contributed by atoms with Crippen LogP contribution in [0.15, 0.2) is 12.1 Å². The third kappa shape index (κ3) is 1.65. The molecule has 2 heterocycles. The number of hydrogen-bond acceptors (Lipinski definition) is 3. The summed E-state index contributed by atoms with van der Waals surface area (Å²) in [5.74, 6) is 0.144. The van der Waals surface area contributed by atoms with Gasteiger partial charge < -0.3 is 10.2 Å². The van der Waals surface area contributed by atoms with Crippen LogP contribution in [0.2, 0.25) is 4.34 Å². The van der Waals surface area contributed by atoms with Crippen LogP contribution in [-0.2, 0) is 4.79 Å². The van der Waals surface area contributed by atoms with Crippen LogP contribution in [0.4, 0.5) is 5.00 Å². The maximum atomic E-state index is 11.8. The van der Waals surface area contributed by atoms with E-state index in [-0.39, 0.29) is 11.9 Å². The molecule has 3 nitrogen and oxygen atoms in total. The number of nitrogens with zero attached hydrogens (tertiary/aromatic N) is 1. The fraction of sp³-hybridized carbons (Fsp3) is 0.444. The number of amides is 1. The lowest BCUT2D eigenvalue weighted by Gasteiger charge is -2.13. The molecule has 76 valence electrons. The van der Waals surface area contributed by atoms with Gasteiger partial charge in [0.05, 0.1) is 15.4 Å². The highest BCUT2D eigenvalue weighted by molar-refractivity contribution is 7.20. The molecule has 2 rings (SSSR count). The summed E-state index contributed by atoms with van der Waals surface area (Å²) < 4.78 is 0.723. The molecular weight excluding hydrogens is 220 g/mol. The van der Waals surface area contributed by atoms with E-state index in [0.29, 0.717) is 0 Å². The number of thiophene rings is 1. The van der Waals surface area contributed by atoms with Gasteiger partial charge in [0.15, 0.2) is 0 Å². The van der Waals surface area contributed by atoms with E-state index in [1.165, 1.54) is 11.3 Å². The number of carbonyl (C=O) groups is 1. The standard InChI is InChI=1S/C9H11ClN2OS/c1-11-6-4-5-12(9(6)13)8-3-2-7(10)14-8/h2-3,6,11H,4-5H2,1H3. The van der Waals surface area contributed by atoms with Crippen molar-refractivity contribution in [1.29, 1.82) is 0 Å². The van der Waals surface area contributed by atoms with Crippen molar-refractivity contribution in [1.82, 2.24) is 5.32 Å². The van der Waals surface area contributed by atoms with Crippen molar-refractivity contribution >= 4 is 33.8 Å². The Morgan fingerprint density at radius 3 is 2.93 bits per heavy atom. The van der Waals surface area contributed by atoms with Gasteiger partial charge >= 0.3 is 0 Å². The first-order valence-corrected chi connectivity index (χ1v) is 5.66. The fourth-order valence-electron chi connectivity index (χ4n) is 1.62. The molecule has 1 unspecified atom stereocenters. The molecule has 1 aliphatic heterocycles. The molecule has 1 N–H and O–H groups in total. The first-order valence-electron chi connectivity index (χ1n) is 4.46. The maximum absolute atomic E-state index is 11.8. The van der Waals surface area contributed by atoms with Crippen LogP contribution in [0, 0.1) is 0 Å². The molecule has 14 heavy (non-hydrogen) atoms. The van der Waals surface area contributed by atoms with Crippen molar-refractivity contribution in [3.63, 3.8) is 0 Å². The Morgan fingerprint density at radius 2 is 2.43 bits per heavy atom. The number of nitrogens with one attached hydrogen (secondary N) is 1. The monoisotopic (exact) mass is 230 g/mol. The number of rotatable bonds is 2. The molecule has 0 aromatic carbocycles. The molecule has 1 saturated heterocycles. The molecule has 1 aromatic heterocycles. The first-order chi connectivity index (χ1) is 6.72.